The largest absolute Gasteiger partial charge is 0.468 e. The molecule has 0 amide bonds. The molecule has 0 radical (unpaired) electrons. The minimum absolute atomic E-state index is 0.592. The third kappa shape index (κ3) is 4.62. The van der Waals surface area contributed by atoms with E-state index in [9.17, 15) is 0 Å². The highest BCUT2D eigenvalue weighted by atomic mass is 32.2. The van der Waals surface area contributed by atoms with Gasteiger partial charge in [-0.05, 0) is 39.3 Å². The molecule has 0 aliphatic heterocycles. The predicted molar refractivity (Wildman–Crippen MR) is 71.1 cm³/mol. The van der Waals surface area contributed by atoms with Crippen LogP contribution in [0.15, 0.2) is 21.6 Å². The fourth-order valence-corrected chi connectivity index (χ4v) is 2.90. The molecule has 0 aromatic carbocycles. The van der Waals surface area contributed by atoms with Crippen LogP contribution in [0.4, 0.5) is 0 Å². The normalized spacial score (nSPS) is 15.0. The number of nitrogens with one attached hydrogen (secondary N) is 1. The Hall–Kier alpha value is -0.410. The molecule has 92 valence electrons. The molecule has 1 heterocycles. The van der Waals surface area contributed by atoms with Crippen LogP contribution in [-0.4, -0.2) is 17.8 Å². The van der Waals surface area contributed by atoms with Crippen LogP contribution in [-0.2, 0) is 0 Å². The van der Waals surface area contributed by atoms with Gasteiger partial charge in [-0.25, -0.2) is 0 Å². The molecule has 16 heavy (non-hydrogen) atoms. The molecule has 2 unspecified atom stereocenters. The van der Waals surface area contributed by atoms with Gasteiger partial charge in [0.25, 0.3) is 0 Å². The van der Waals surface area contributed by atoms with Gasteiger partial charge in [-0.2, -0.15) is 0 Å². The summed E-state index contributed by atoms with van der Waals surface area (Å²) in [6.45, 7) is 9.88. The van der Waals surface area contributed by atoms with Crippen LogP contribution in [0.1, 0.15) is 39.4 Å². The Morgan fingerprint density at radius 3 is 2.75 bits per heavy atom. The van der Waals surface area contributed by atoms with Crippen LogP contribution in [0, 0.1) is 6.92 Å². The van der Waals surface area contributed by atoms with Crippen molar-refractivity contribution in [1.29, 1.82) is 0 Å². The van der Waals surface area contributed by atoms with E-state index in [0.29, 0.717) is 11.3 Å². The van der Waals surface area contributed by atoms with Crippen molar-refractivity contribution >= 4 is 11.8 Å². The van der Waals surface area contributed by atoms with Gasteiger partial charge in [-0.15, -0.1) is 11.8 Å². The van der Waals surface area contributed by atoms with Gasteiger partial charge in [-0.1, -0.05) is 13.8 Å². The van der Waals surface area contributed by atoms with Crippen molar-refractivity contribution in [3.8, 4) is 0 Å². The van der Waals surface area contributed by atoms with Crippen LogP contribution in [0.5, 0.6) is 0 Å². The molecule has 0 saturated carbocycles. The Morgan fingerprint density at radius 2 is 2.19 bits per heavy atom. The molecule has 2 nitrogen and oxygen atoms in total. The van der Waals surface area contributed by atoms with Crippen molar-refractivity contribution < 1.29 is 4.42 Å². The van der Waals surface area contributed by atoms with Gasteiger partial charge in [0.2, 0.25) is 0 Å². The van der Waals surface area contributed by atoms with Gasteiger partial charge in [0, 0.05) is 16.2 Å². The Kier molecular flexibility index (Phi) is 5.99. The van der Waals surface area contributed by atoms with E-state index in [0.717, 1.165) is 12.3 Å². The third-order valence-electron chi connectivity index (χ3n) is 2.57. The molecule has 1 aromatic heterocycles. The molecule has 0 aliphatic carbocycles. The fraction of sp³-hybridized carbons (Fsp3) is 0.692. The summed E-state index contributed by atoms with van der Waals surface area (Å²) in [6, 6.07) is 2.65. The highest BCUT2D eigenvalue weighted by molar-refractivity contribution is 8.00. The first-order valence-corrected chi connectivity index (χ1v) is 6.95. The maximum absolute atomic E-state index is 5.30. The minimum atomic E-state index is 0.592. The predicted octanol–water partition coefficient (Wildman–Crippen LogP) is 3.85. The molecule has 0 saturated heterocycles. The maximum Gasteiger partial charge on any atom is 0.114 e. The van der Waals surface area contributed by atoms with Gasteiger partial charge < -0.3 is 9.73 Å². The number of hydrogen-bond donors (Lipinski definition) is 1. The summed E-state index contributed by atoms with van der Waals surface area (Å²) in [4.78, 5) is 1.27. The quantitative estimate of drug-likeness (QED) is 0.734. The molecule has 1 rings (SSSR count). The Balaban J connectivity index is 2.30. The second kappa shape index (κ2) is 7.02. The molecule has 2 atom stereocenters. The van der Waals surface area contributed by atoms with Gasteiger partial charge >= 0.3 is 0 Å². The highest BCUT2D eigenvalue weighted by Gasteiger charge is 2.11. The summed E-state index contributed by atoms with van der Waals surface area (Å²) >= 11 is 1.90. The first-order chi connectivity index (χ1) is 7.63. The van der Waals surface area contributed by atoms with Crippen molar-refractivity contribution in [2.75, 3.05) is 6.54 Å². The summed E-state index contributed by atoms with van der Waals surface area (Å²) in [5, 5.41) is 4.14. The molecule has 0 aliphatic rings. The zero-order valence-electron chi connectivity index (χ0n) is 10.7. The zero-order valence-corrected chi connectivity index (χ0v) is 11.6. The summed E-state index contributed by atoms with van der Waals surface area (Å²) in [7, 11) is 0. The van der Waals surface area contributed by atoms with Crippen LogP contribution in [0.2, 0.25) is 0 Å². The average Bonchev–Trinajstić information content (AvgIpc) is 2.61. The van der Waals surface area contributed by atoms with E-state index in [2.05, 4.69) is 32.2 Å². The van der Waals surface area contributed by atoms with Gasteiger partial charge in [0.1, 0.15) is 5.76 Å². The first kappa shape index (κ1) is 13.7. The Labute approximate surface area is 103 Å². The zero-order chi connectivity index (χ0) is 12.0. The third-order valence-corrected chi connectivity index (χ3v) is 3.84. The lowest BCUT2D eigenvalue weighted by Crippen LogP contribution is -2.29. The summed E-state index contributed by atoms with van der Waals surface area (Å²) < 4.78 is 5.30. The molecular weight excluding hydrogens is 218 g/mol. The van der Waals surface area contributed by atoms with Crippen LogP contribution >= 0.6 is 11.8 Å². The van der Waals surface area contributed by atoms with Crippen molar-refractivity contribution in [2.24, 2.45) is 0 Å². The molecule has 3 heteroatoms. The summed E-state index contributed by atoms with van der Waals surface area (Å²) in [5.74, 6) is 1.03. The van der Waals surface area contributed by atoms with Crippen molar-refractivity contribution in [3.63, 3.8) is 0 Å². The SMILES string of the molecule is CCCNC(C)CC(C)Sc1ccoc1C. The molecule has 1 N–H and O–H groups in total. The van der Waals surface area contributed by atoms with E-state index >= 15 is 0 Å². The van der Waals surface area contributed by atoms with E-state index in [1.807, 2.05) is 18.7 Å². The number of hydrogen-bond acceptors (Lipinski definition) is 3. The highest BCUT2D eigenvalue weighted by Crippen LogP contribution is 2.29. The Bertz CT molecular complexity index is 298. The average molecular weight is 241 g/mol. The fourth-order valence-electron chi connectivity index (χ4n) is 1.73. The molecule has 0 fully saturated rings. The Morgan fingerprint density at radius 1 is 1.44 bits per heavy atom. The molecule has 0 spiro atoms. The topological polar surface area (TPSA) is 25.2 Å². The van der Waals surface area contributed by atoms with Crippen LogP contribution in [0.25, 0.3) is 0 Å². The monoisotopic (exact) mass is 241 g/mol. The molecule has 0 bridgehead atoms. The lowest BCUT2D eigenvalue weighted by Gasteiger charge is -2.17. The van der Waals surface area contributed by atoms with Gasteiger partial charge in [-0.3, -0.25) is 0 Å². The second-order valence-electron chi connectivity index (χ2n) is 4.36. The van der Waals surface area contributed by atoms with Crippen molar-refractivity contribution in [2.45, 2.75) is 56.7 Å². The van der Waals surface area contributed by atoms with Gasteiger partial charge in [0.15, 0.2) is 0 Å². The van der Waals surface area contributed by atoms with E-state index in [1.54, 1.807) is 6.26 Å². The van der Waals surface area contributed by atoms with Crippen LogP contribution in [0.3, 0.4) is 0 Å². The molecule has 1 aromatic rings. The molecular formula is C13H23NOS. The smallest absolute Gasteiger partial charge is 0.114 e. The maximum atomic E-state index is 5.30. The van der Waals surface area contributed by atoms with E-state index in [-0.39, 0.29) is 0 Å². The summed E-state index contributed by atoms with van der Waals surface area (Å²) in [5.41, 5.74) is 0. The van der Waals surface area contributed by atoms with Crippen molar-refractivity contribution in [1.82, 2.24) is 5.32 Å². The van der Waals surface area contributed by atoms with Crippen molar-refractivity contribution in [3.05, 3.63) is 18.1 Å². The minimum Gasteiger partial charge on any atom is -0.468 e. The number of furan rings is 1. The number of aryl methyl sites for hydroxylation is 1. The van der Waals surface area contributed by atoms with E-state index in [1.165, 1.54) is 17.7 Å². The standard InChI is InChI=1S/C13H23NOS/c1-5-7-14-10(2)9-11(3)16-13-6-8-15-12(13)4/h6,8,10-11,14H,5,7,9H2,1-4H3. The lowest BCUT2D eigenvalue weighted by molar-refractivity contribution is 0.512. The van der Waals surface area contributed by atoms with Gasteiger partial charge in [0.05, 0.1) is 6.26 Å². The first-order valence-electron chi connectivity index (χ1n) is 6.07. The lowest BCUT2D eigenvalue weighted by atomic mass is 10.2. The van der Waals surface area contributed by atoms with Crippen LogP contribution < -0.4 is 5.32 Å². The second-order valence-corrected chi connectivity index (χ2v) is 5.84. The number of rotatable bonds is 7. The van der Waals surface area contributed by atoms with E-state index < -0.39 is 0 Å². The number of thioether (sulfide) groups is 1. The summed E-state index contributed by atoms with van der Waals surface area (Å²) in [6.07, 6.45) is 4.16. The van der Waals surface area contributed by atoms with E-state index in [4.69, 9.17) is 4.42 Å².